The molecule has 0 amide bonds. The minimum atomic E-state index is -5.85. The van der Waals surface area contributed by atoms with Crippen LogP contribution in [-0.2, 0) is 11.0 Å². The maximum atomic E-state index is 12.7. The van der Waals surface area contributed by atoms with Crippen LogP contribution in [0.3, 0.4) is 0 Å². The van der Waals surface area contributed by atoms with E-state index in [9.17, 15) is 31.4 Å². The van der Waals surface area contributed by atoms with Crippen LogP contribution in [0.4, 0.5) is 26.3 Å². The van der Waals surface area contributed by atoms with Gasteiger partial charge in [0.25, 0.3) is 5.60 Å². The number of aliphatic hydroxyl groups is 1. The maximum Gasteiger partial charge on any atom is 0.430 e. The van der Waals surface area contributed by atoms with Crippen LogP contribution in [0.25, 0.3) is 0 Å². The van der Waals surface area contributed by atoms with E-state index < -0.39 is 31.6 Å². The van der Waals surface area contributed by atoms with Crippen LogP contribution in [0.15, 0.2) is 24.3 Å². The highest BCUT2D eigenvalue weighted by molar-refractivity contribution is 6.76. The van der Waals surface area contributed by atoms with Gasteiger partial charge in [0.2, 0.25) is 0 Å². The minimum Gasteiger partial charge on any atom is -0.369 e. The summed E-state index contributed by atoms with van der Waals surface area (Å²) in [5.41, 5.74) is -5.89. The van der Waals surface area contributed by atoms with Gasteiger partial charge in [0, 0.05) is 13.6 Å². The van der Waals surface area contributed by atoms with Crippen LogP contribution >= 0.6 is 0 Å². The highest BCUT2D eigenvalue weighted by Crippen LogP contribution is 2.50. The van der Waals surface area contributed by atoms with Gasteiger partial charge in [-0.3, -0.25) is 0 Å². The SMILES string of the molecule is CCC(C)(C)c1ccc(C(O)(C(F)(F)F)C(F)(F)F)cc1.CCC(C)C[Si](C)(C)C. The largest absolute Gasteiger partial charge is 0.430 e. The molecule has 0 heterocycles. The van der Waals surface area contributed by atoms with Gasteiger partial charge in [-0.15, -0.1) is 0 Å². The van der Waals surface area contributed by atoms with Crippen molar-refractivity contribution in [2.24, 2.45) is 5.92 Å². The van der Waals surface area contributed by atoms with E-state index in [0.29, 0.717) is 24.1 Å². The summed E-state index contributed by atoms with van der Waals surface area (Å²) >= 11 is 0. The van der Waals surface area contributed by atoms with Gasteiger partial charge in [0.1, 0.15) is 0 Å². The molecule has 1 unspecified atom stereocenters. The van der Waals surface area contributed by atoms with E-state index in [2.05, 4.69) is 33.5 Å². The van der Waals surface area contributed by atoms with E-state index in [4.69, 9.17) is 0 Å². The Labute approximate surface area is 177 Å². The molecule has 30 heavy (non-hydrogen) atoms. The first-order chi connectivity index (χ1) is 13.2. The molecule has 0 aliphatic rings. The van der Waals surface area contributed by atoms with E-state index in [1.54, 1.807) is 0 Å². The van der Waals surface area contributed by atoms with E-state index in [1.165, 1.54) is 24.6 Å². The van der Waals surface area contributed by atoms with Crippen LogP contribution in [0.2, 0.25) is 25.7 Å². The fourth-order valence-corrected chi connectivity index (χ4v) is 5.42. The van der Waals surface area contributed by atoms with E-state index in [0.717, 1.165) is 5.92 Å². The summed E-state index contributed by atoms with van der Waals surface area (Å²) in [5.74, 6) is 0.955. The molecule has 0 radical (unpaired) electrons. The lowest BCUT2D eigenvalue weighted by Gasteiger charge is -2.33. The van der Waals surface area contributed by atoms with Crippen molar-refractivity contribution < 1.29 is 31.4 Å². The Kier molecular flexibility index (Phi) is 9.72. The molecule has 0 spiro atoms. The zero-order chi connectivity index (χ0) is 24.2. The van der Waals surface area contributed by atoms with Crippen LogP contribution < -0.4 is 0 Å². The normalized spacial score (nSPS) is 14.8. The summed E-state index contributed by atoms with van der Waals surface area (Å²) in [4.78, 5) is 0. The van der Waals surface area contributed by atoms with Gasteiger partial charge in [-0.2, -0.15) is 26.3 Å². The summed E-state index contributed by atoms with van der Waals surface area (Å²) < 4.78 is 76.3. The molecule has 0 saturated carbocycles. The Hall–Kier alpha value is -1.02. The third kappa shape index (κ3) is 7.59. The van der Waals surface area contributed by atoms with Gasteiger partial charge in [-0.25, -0.2) is 0 Å². The molecule has 1 N–H and O–H groups in total. The van der Waals surface area contributed by atoms with Gasteiger partial charge in [-0.1, -0.05) is 91.0 Å². The molecule has 0 saturated heterocycles. The first-order valence-electron chi connectivity index (χ1n) is 10.2. The number of hydrogen-bond acceptors (Lipinski definition) is 1. The van der Waals surface area contributed by atoms with Crippen LogP contribution in [0, 0.1) is 5.92 Å². The molecule has 0 fully saturated rings. The van der Waals surface area contributed by atoms with Gasteiger partial charge in [-0.05, 0) is 23.3 Å². The molecule has 1 atom stereocenters. The van der Waals surface area contributed by atoms with E-state index >= 15 is 0 Å². The fraction of sp³-hybridized carbons (Fsp3) is 0.727. The van der Waals surface area contributed by atoms with Crippen molar-refractivity contribution in [3.63, 3.8) is 0 Å². The summed E-state index contributed by atoms with van der Waals surface area (Å²) in [6.07, 6.45) is -9.69. The summed E-state index contributed by atoms with van der Waals surface area (Å²) in [5, 5.41) is 9.26. The van der Waals surface area contributed by atoms with Gasteiger partial charge in [0.15, 0.2) is 0 Å². The molecule has 0 aliphatic carbocycles. The van der Waals surface area contributed by atoms with Crippen molar-refractivity contribution in [3.05, 3.63) is 35.4 Å². The average Bonchev–Trinajstić information content (AvgIpc) is 2.58. The summed E-state index contributed by atoms with van der Waals surface area (Å²) in [6.45, 7) is 17.5. The molecular formula is C22H36F6OSi. The first-order valence-corrected chi connectivity index (χ1v) is 13.9. The number of halogens is 6. The molecular weight excluding hydrogens is 422 g/mol. The van der Waals surface area contributed by atoms with Crippen molar-refractivity contribution in [1.82, 2.24) is 0 Å². The zero-order valence-corrected chi connectivity index (χ0v) is 20.2. The Balaban J connectivity index is 0.000000787. The Morgan fingerprint density at radius 1 is 0.833 bits per heavy atom. The Morgan fingerprint density at radius 2 is 1.20 bits per heavy atom. The number of alkyl halides is 6. The molecule has 1 rings (SSSR count). The fourth-order valence-electron chi connectivity index (χ4n) is 3.04. The molecule has 0 aromatic heterocycles. The van der Waals surface area contributed by atoms with E-state index in [1.807, 2.05) is 20.8 Å². The Bertz CT molecular complexity index is 628. The minimum absolute atomic E-state index is 0.382. The smallest absolute Gasteiger partial charge is 0.369 e. The van der Waals surface area contributed by atoms with Crippen molar-refractivity contribution in [1.29, 1.82) is 0 Å². The zero-order valence-electron chi connectivity index (χ0n) is 19.2. The molecule has 8 heteroatoms. The van der Waals surface area contributed by atoms with Gasteiger partial charge in [0.05, 0.1) is 0 Å². The maximum absolute atomic E-state index is 12.7. The molecule has 1 aromatic carbocycles. The lowest BCUT2D eigenvalue weighted by atomic mass is 9.81. The predicted octanol–water partition coefficient (Wildman–Crippen LogP) is 8.06. The number of hydrogen-bond donors (Lipinski definition) is 1. The van der Waals surface area contributed by atoms with Crippen molar-refractivity contribution >= 4 is 8.07 Å². The second-order valence-corrected chi connectivity index (χ2v) is 15.3. The first kappa shape index (κ1) is 29.0. The summed E-state index contributed by atoms with van der Waals surface area (Å²) in [7, 11) is -0.741. The molecule has 176 valence electrons. The number of benzene rings is 1. The quantitative estimate of drug-likeness (QED) is 0.338. The predicted molar refractivity (Wildman–Crippen MR) is 113 cm³/mol. The van der Waals surface area contributed by atoms with Crippen LogP contribution in [-0.4, -0.2) is 25.5 Å². The van der Waals surface area contributed by atoms with Gasteiger partial charge < -0.3 is 5.11 Å². The molecule has 1 nitrogen and oxygen atoms in total. The third-order valence-corrected chi connectivity index (χ3v) is 7.37. The van der Waals surface area contributed by atoms with Gasteiger partial charge >= 0.3 is 12.4 Å². The summed E-state index contributed by atoms with van der Waals surface area (Å²) in [6, 6.07) is 5.20. The monoisotopic (exact) mass is 458 g/mol. The lowest BCUT2D eigenvalue weighted by molar-refractivity contribution is -0.376. The average molecular weight is 459 g/mol. The topological polar surface area (TPSA) is 20.2 Å². The molecule has 1 aromatic rings. The molecule has 0 aliphatic heterocycles. The van der Waals surface area contributed by atoms with Crippen molar-refractivity contribution in [3.8, 4) is 0 Å². The third-order valence-electron chi connectivity index (χ3n) is 5.45. The lowest BCUT2D eigenvalue weighted by Crippen LogP contribution is -2.53. The van der Waals surface area contributed by atoms with Crippen LogP contribution in [0.5, 0.6) is 0 Å². The van der Waals surface area contributed by atoms with Crippen molar-refractivity contribution in [2.75, 3.05) is 0 Å². The highest BCUT2D eigenvalue weighted by atomic mass is 28.3. The Morgan fingerprint density at radius 3 is 1.43 bits per heavy atom. The van der Waals surface area contributed by atoms with Crippen LogP contribution in [0.1, 0.15) is 58.6 Å². The standard InChI is InChI=1S/C14H16F6O.C8H20Si/c1-4-11(2,3)9-5-7-10(8-6-9)12(21,13(15,16)17)14(18,19)20;1-6-8(2)7-9(3,4)5/h5-8,21H,4H2,1-3H3;8H,6-7H2,1-5H3. The number of rotatable bonds is 6. The second kappa shape index (κ2) is 10.1. The second-order valence-electron chi connectivity index (χ2n) is 9.80. The highest BCUT2D eigenvalue weighted by Gasteiger charge is 2.71. The van der Waals surface area contributed by atoms with Crippen molar-refractivity contribution in [2.45, 2.75) is 96.5 Å². The molecule has 0 bridgehead atoms. The van der Waals surface area contributed by atoms with E-state index in [-0.39, 0.29) is 5.41 Å².